The Labute approximate surface area is 119 Å². The Morgan fingerprint density at radius 2 is 1.48 bits per heavy atom. The van der Waals surface area contributed by atoms with Crippen LogP contribution >= 0.6 is 0 Å². The van der Waals surface area contributed by atoms with E-state index in [4.69, 9.17) is 0 Å². The lowest BCUT2D eigenvalue weighted by Crippen LogP contribution is -2.09. The molecule has 0 saturated carbocycles. The number of hydrogen-bond donors (Lipinski definition) is 0. The minimum atomic E-state index is -4.57. The van der Waals surface area contributed by atoms with E-state index in [0.29, 0.717) is 6.21 Å². The van der Waals surface area contributed by atoms with Gasteiger partial charge < -0.3 is 0 Å². The number of rotatable bonds is 3. The fourth-order valence-electron chi connectivity index (χ4n) is 1.65. The van der Waals surface area contributed by atoms with Gasteiger partial charge in [0.25, 0.3) is 10.0 Å². The molecule has 7 heteroatoms. The minimum absolute atomic E-state index is 0.0780. The maximum absolute atomic E-state index is 12.8. The van der Waals surface area contributed by atoms with Crippen LogP contribution in [-0.4, -0.2) is 14.6 Å². The molecule has 0 atom stereocenters. The van der Waals surface area contributed by atoms with E-state index in [0.717, 1.165) is 12.1 Å². The first-order valence-corrected chi connectivity index (χ1v) is 7.26. The lowest BCUT2D eigenvalue weighted by Gasteiger charge is -2.09. The summed E-state index contributed by atoms with van der Waals surface area (Å²) < 4.78 is 65.4. The molecule has 0 fully saturated rings. The van der Waals surface area contributed by atoms with Crippen molar-refractivity contribution in [2.24, 2.45) is 4.40 Å². The monoisotopic (exact) mass is 313 g/mol. The number of halogens is 3. The molecule has 0 unspecified atom stereocenters. The predicted molar refractivity (Wildman–Crippen MR) is 72.7 cm³/mol. The predicted octanol–water partition coefficient (Wildman–Crippen LogP) is 3.51. The van der Waals surface area contributed by atoms with Gasteiger partial charge in [-0.1, -0.05) is 36.4 Å². The highest BCUT2D eigenvalue weighted by molar-refractivity contribution is 7.90. The summed E-state index contributed by atoms with van der Waals surface area (Å²) in [4.78, 5) is -0.0780. The Bertz CT molecular complexity index is 753. The molecule has 2 aromatic carbocycles. The van der Waals surface area contributed by atoms with E-state index in [9.17, 15) is 21.6 Å². The normalized spacial score (nSPS) is 12.7. The summed E-state index contributed by atoms with van der Waals surface area (Å²) in [6.45, 7) is 0. The van der Waals surface area contributed by atoms with Gasteiger partial charge in [0.1, 0.15) is 0 Å². The SMILES string of the molecule is O=S(=O)(/N=C\c1ccccc1C(F)(F)F)c1ccccc1. The van der Waals surface area contributed by atoms with Gasteiger partial charge in [-0.05, 0) is 18.2 Å². The summed E-state index contributed by atoms with van der Waals surface area (Å²) in [5.41, 5.74) is -1.23. The molecule has 0 heterocycles. The molecule has 0 bridgehead atoms. The smallest absolute Gasteiger partial charge is 0.199 e. The van der Waals surface area contributed by atoms with E-state index >= 15 is 0 Å². The van der Waals surface area contributed by atoms with E-state index < -0.39 is 21.8 Å². The van der Waals surface area contributed by atoms with Crippen LogP contribution in [-0.2, 0) is 16.2 Å². The summed E-state index contributed by atoms with van der Waals surface area (Å²) in [5.74, 6) is 0. The van der Waals surface area contributed by atoms with Crippen LogP contribution in [0.2, 0.25) is 0 Å². The third kappa shape index (κ3) is 3.69. The van der Waals surface area contributed by atoms with Crippen LogP contribution in [0.3, 0.4) is 0 Å². The highest BCUT2D eigenvalue weighted by Gasteiger charge is 2.32. The lowest BCUT2D eigenvalue weighted by molar-refractivity contribution is -0.137. The number of sulfonamides is 1. The van der Waals surface area contributed by atoms with Crippen LogP contribution in [0.4, 0.5) is 13.2 Å². The molecule has 0 aliphatic heterocycles. The van der Waals surface area contributed by atoms with Crippen LogP contribution in [0, 0.1) is 0 Å². The first kappa shape index (κ1) is 15.2. The summed E-state index contributed by atoms with van der Waals surface area (Å²) in [6.07, 6.45) is -3.86. The molecule has 0 aliphatic carbocycles. The van der Waals surface area contributed by atoms with Crippen LogP contribution < -0.4 is 0 Å². The summed E-state index contributed by atoms with van der Waals surface area (Å²) >= 11 is 0. The molecule has 110 valence electrons. The number of hydrogen-bond acceptors (Lipinski definition) is 2. The van der Waals surface area contributed by atoms with Gasteiger partial charge in [-0.25, -0.2) is 0 Å². The van der Waals surface area contributed by atoms with Gasteiger partial charge in [-0.3, -0.25) is 0 Å². The zero-order chi connectivity index (χ0) is 15.5. The van der Waals surface area contributed by atoms with Crippen molar-refractivity contribution in [2.75, 3.05) is 0 Å². The van der Waals surface area contributed by atoms with Crippen molar-refractivity contribution >= 4 is 16.2 Å². The first-order chi connectivity index (χ1) is 9.81. The molecular weight excluding hydrogens is 303 g/mol. The third-order valence-corrected chi connectivity index (χ3v) is 3.89. The van der Waals surface area contributed by atoms with Crippen LogP contribution in [0.15, 0.2) is 63.9 Å². The Morgan fingerprint density at radius 3 is 2.10 bits per heavy atom. The van der Waals surface area contributed by atoms with Gasteiger partial charge in [-0.2, -0.15) is 26.0 Å². The second kappa shape index (κ2) is 5.69. The van der Waals surface area contributed by atoms with E-state index in [1.165, 1.54) is 36.4 Å². The largest absolute Gasteiger partial charge is 0.417 e. The molecule has 0 N–H and O–H groups in total. The molecule has 0 aromatic heterocycles. The molecule has 21 heavy (non-hydrogen) atoms. The highest BCUT2D eigenvalue weighted by atomic mass is 32.2. The molecule has 2 aromatic rings. The van der Waals surface area contributed by atoms with Gasteiger partial charge in [0, 0.05) is 11.8 Å². The number of nitrogens with zero attached hydrogens (tertiary/aromatic N) is 1. The van der Waals surface area contributed by atoms with Crippen molar-refractivity contribution < 1.29 is 21.6 Å². The lowest BCUT2D eigenvalue weighted by atomic mass is 10.1. The van der Waals surface area contributed by atoms with Gasteiger partial charge in [0.2, 0.25) is 0 Å². The van der Waals surface area contributed by atoms with Crippen LogP contribution in [0.5, 0.6) is 0 Å². The fourth-order valence-corrected chi connectivity index (χ4v) is 2.52. The Kier molecular flexibility index (Phi) is 4.13. The van der Waals surface area contributed by atoms with Crippen molar-refractivity contribution in [1.82, 2.24) is 0 Å². The van der Waals surface area contributed by atoms with Crippen molar-refractivity contribution in [2.45, 2.75) is 11.1 Å². The van der Waals surface area contributed by atoms with Gasteiger partial charge in [0.05, 0.1) is 10.5 Å². The molecule has 0 aliphatic rings. The number of benzene rings is 2. The van der Waals surface area contributed by atoms with Gasteiger partial charge in [-0.15, -0.1) is 0 Å². The average Bonchev–Trinajstić information content (AvgIpc) is 2.45. The second-order valence-corrected chi connectivity index (χ2v) is 5.74. The minimum Gasteiger partial charge on any atom is -0.199 e. The third-order valence-electron chi connectivity index (χ3n) is 2.64. The Hall–Kier alpha value is -2.15. The van der Waals surface area contributed by atoms with Gasteiger partial charge >= 0.3 is 6.18 Å². The van der Waals surface area contributed by atoms with Crippen molar-refractivity contribution in [1.29, 1.82) is 0 Å². The summed E-state index contributed by atoms with van der Waals surface area (Å²) in [6, 6.07) is 11.9. The van der Waals surface area contributed by atoms with E-state index in [1.807, 2.05) is 0 Å². The molecule has 0 saturated heterocycles. The van der Waals surface area contributed by atoms with E-state index in [-0.39, 0.29) is 10.5 Å². The summed E-state index contributed by atoms with van der Waals surface area (Å²) in [5, 5.41) is 0. The highest BCUT2D eigenvalue weighted by Crippen LogP contribution is 2.31. The zero-order valence-corrected chi connectivity index (χ0v) is 11.4. The molecule has 3 nitrogen and oxygen atoms in total. The molecule has 2 rings (SSSR count). The quantitative estimate of drug-likeness (QED) is 0.814. The van der Waals surface area contributed by atoms with E-state index in [2.05, 4.69) is 4.40 Å². The second-order valence-electron chi connectivity index (χ2n) is 4.11. The average molecular weight is 313 g/mol. The molecular formula is C14H10F3NO2S. The standard InChI is InChI=1S/C14H10F3NO2S/c15-14(16,17)13-9-5-4-6-11(13)10-18-21(19,20)12-7-2-1-3-8-12/h1-10H/b18-10-. The Balaban J connectivity index is 2.39. The van der Waals surface area contributed by atoms with E-state index in [1.54, 1.807) is 6.07 Å². The maximum Gasteiger partial charge on any atom is 0.417 e. The molecule has 0 spiro atoms. The maximum atomic E-state index is 12.8. The molecule has 0 amide bonds. The topological polar surface area (TPSA) is 46.5 Å². The molecule has 0 radical (unpaired) electrons. The van der Waals surface area contributed by atoms with Crippen molar-refractivity contribution in [3.05, 3.63) is 65.7 Å². The van der Waals surface area contributed by atoms with Crippen LogP contribution in [0.25, 0.3) is 0 Å². The fraction of sp³-hybridized carbons (Fsp3) is 0.0714. The zero-order valence-electron chi connectivity index (χ0n) is 10.6. The Morgan fingerprint density at radius 1 is 0.905 bits per heavy atom. The first-order valence-electron chi connectivity index (χ1n) is 5.82. The number of alkyl halides is 3. The summed E-state index contributed by atoms with van der Waals surface area (Å²) in [7, 11) is -4.02. The van der Waals surface area contributed by atoms with Crippen molar-refractivity contribution in [3.63, 3.8) is 0 Å². The van der Waals surface area contributed by atoms with Gasteiger partial charge in [0.15, 0.2) is 0 Å². The van der Waals surface area contributed by atoms with Crippen LogP contribution in [0.1, 0.15) is 11.1 Å². The van der Waals surface area contributed by atoms with Crippen molar-refractivity contribution in [3.8, 4) is 0 Å².